The number of amidine groups is 1. The summed E-state index contributed by atoms with van der Waals surface area (Å²) in [4.78, 5) is 0. The van der Waals surface area contributed by atoms with Crippen LogP contribution in [0.2, 0.25) is 0 Å². The molecule has 4 N–H and O–H groups in total. The van der Waals surface area contributed by atoms with Crippen molar-refractivity contribution in [3.63, 3.8) is 0 Å². The summed E-state index contributed by atoms with van der Waals surface area (Å²) < 4.78 is 13.6. The van der Waals surface area contributed by atoms with E-state index in [0.29, 0.717) is 17.7 Å². The van der Waals surface area contributed by atoms with Gasteiger partial charge >= 0.3 is 0 Å². The first-order valence-electron chi connectivity index (χ1n) is 5.20. The van der Waals surface area contributed by atoms with Crippen LogP contribution in [0.15, 0.2) is 36.0 Å². The topological polar surface area (TPSA) is 70.6 Å². The highest BCUT2D eigenvalue weighted by Gasteiger charge is 2.06. The van der Waals surface area contributed by atoms with Crippen LogP contribution in [-0.2, 0) is 6.54 Å². The van der Waals surface area contributed by atoms with Crippen LogP contribution in [0.1, 0.15) is 18.1 Å². The molecule has 0 aliphatic carbocycles. The molecule has 0 aromatic heterocycles. The zero-order valence-electron chi connectivity index (χ0n) is 9.65. The van der Waals surface area contributed by atoms with E-state index in [1.807, 2.05) is 6.92 Å². The number of hydrogen-bond donors (Lipinski definition) is 3. The summed E-state index contributed by atoms with van der Waals surface area (Å²) in [6.07, 6.45) is 1.74. The van der Waals surface area contributed by atoms with E-state index in [0.717, 1.165) is 0 Å². The van der Waals surface area contributed by atoms with Crippen molar-refractivity contribution in [1.82, 2.24) is 5.32 Å². The molecule has 1 atom stereocenters. The van der Waals surface area contributed by atoms with Crippen LogP contribution in [0, 0.1) is 5.82 Å². The van der Waals surface area contributed by atoms with Crippen molar-refractivity contribution in [3.05, 3.63) is 47.8 Å². The first-order valence-corrected chi connectivity index (χ1v) is 5.20. The molecule has 1 aromatic carbocycles. The monoisotopic (exact) mass is 237 g/mol. The maximum Gasteiger partial charge on any atom is 0.170 e. The molecule has 0 aliphatic heterocycles. The number of halogens is 1. The van der Waals surface area contributed by atoms with E-state index >= 15 is 0 Å². The summed E-state index contributed by atoms with van der Waals surface area (Å²) in [5.74, 6) is -0.499. The van der Waals surface area contributed by atoms with Gasteiger partial charge in [-0.2, -0.15) is 0 Å². The van der Waals surface area contributed by atoms with Gasteiger partial charge in [0.15, 0.2) is 5.84 Å². The maximum absolute atomic E-state index is 13.6. The van der Waals surface area contributed by atoms with Gasteiger partial charge in [0.05, 0.1) is 0 Å². The lowest BCUT2D eigenvalue weighted by Crippen LogP contribution is -2.23. The minimum Gasteiger partial charge on any atom is -0.409 e. The van der Waals surface area contributed by atoms with E-state index in [-0.39, 0.29) is 11.9 Å². The molecule has 0 bridgehead atoms. The predicted octanol–water partition coefficient (Wildman–Crippen LogP) is 1.58. The smallest absolute Gasteiger partial charge is 0.170 e. The number of oxime groups is 1. The summed E-state index contributed by atoms with van der Waals surface area (Å²) in [6, 6.07) is 4.56. The maximum atomic E-state index is 13.6. The van der Waals surface area contributed by atoms with Gasteiger partial charge in [0.2, 0.25) is 0 Å². The van der Waals surface area contributed by atoms with Gasteiger partial charge in [-0.1, -0.05) is 23.4 Å². The zero-order valence-corrected chi connectivity index (χ0v) is 9.65. The van der Waals surface area contributed by atoms with Crippen molar-refractivity contribution < 1.29 is 9.60 Å². The van der Waals surface area contributed by atoms with Gasteiger partial charge in [0.1, 0.15) is 5.82 Å². The molecule has 4 nitrogen and oxygen atoms in total. The molecule has 0 fully saturated rings. The van der Waals surface area contributed by atoms with E-state index in [9.17, 15) is 4.39 Å². The Morgan fingerprint density at radius 1 is 1.71 bits per heavy atom. The molecule has 1 unspecified atom stereocenters. The number of nitrogens with one attached hydrogen (secondary N) is 1. The van der Waals surface area contributed by atoms with Crippen molar-refractivity contribution in [2.24, 2.45) is 10.9 Å². The Morgan fingerprint density at radius 3 is 2.94 bits per heavy atom. The highest BCUT2D eigenvalue weighted by molar-refractivity contribution is 5.97. The molecule has 1 aromatic rings. The Bertz CT molecular complexity index is 432. The summed E-state index contributed by atoms with van der Waals surface area (Å²) in [5, 5.41) is 14.4. The molecule has 1 rings (SSSR count). The largest absolute Gasteiger partial charge is 0.409 e. The highest BCUT2D eigenvalue weighted by Crippen LogP contribution is 2.10. The third kappa shape index (κ3) is 3.57. The Labute approximate surface area is 99.6 Å². The molecule has 0 aliphatic rings. The third-order valence-corrected chi connectivity index (χ3v) is 2.42. The molecule has 0 radical (unpaired) electrons. The van der Waals surface area contributed by atoms with Crippen LogP contribution < -0.4 is 11.1 Å². The van der Waals surface area contributed by atoms with Crippen LogP contribution in [0.5, 0.6) is 0 Å². The minimum atomic E-state index is -0.391. The van der Waals surface area contributed by atoms with Crippen LogP contribution in [-0.4, -0.2) is 17.1 Å². The van der Waals surface area contributed by atoms with Crippen LogP contribution >= 0.6 is 0 Å². The van der Waals surface area contributed by atoms with Gasteiger partial charge in [0.25, 0.3) is 0 Å². The Balaban J connectivity index is 2.80. The first-order chi connectivity index (χ1) is 8.08. The van der Waals surface area contributed by atoms with E-state index in [1.54, 1.807) is 18.2 Å². The van der Waals surface area contributed by atoms with E-state index in [2.05, 4.69) is 17.1 Å². The lowest BCUT2D eigenvalue weighted by Gasteiger charge is -2.10. The van der Waals surface area contributed by atoms with Gasteiger partial charge in [0, 0.05) is 23.7 Å². The number of nitrogens with zero attached hydrogens (tertiary/aromatic N) is 1. The Hall–Kier alpha value is -1.88. The predicted molar refractivity (Wildman–Crippen MR) is 65.4 cm³/mol. The fourth-order valence-electron chi connectivity index (χ4n) is 1.26. The molecule has 5 heteroatoms. The standard InChI is InChI=1S/C12H16FN3O/c1-3-8(2)15-7-10-5-4-9(6-11(10)13)12(14)16-17/h3-6,8,15,17H,1,7H2,2H3,(H2,14,16). The molecular formula is C12H16FN3O. The average Bonchev–Trinajstić information content (AvgIpc) is 2.35. The van der Waals surface area contributed by atoms with Crippen LogP contribution in [0.4, 0.5) is 4.39 Å². The molecule has 0 heterocycles. The minimum absolute atomic E-state index is 0.108. The summed E-state index contributed by atoms with van der Waals surface area (Å²) in [5.41, 5.74) is 6.24. The van der Waals surface area contributed by atoms with Gasteiger partial charge in [-0.15, -0.1) is 6.58 Å². The lowest BCUT2D eigenvalue weighted by atomic mass is 10.1. The van der Waals surface area contributed by atoms with E-state index in [4.69, 9.17) is 10.9 Å². The Kier molecular flexibility index (Phi) is 4.66. The average molecular weight is 237 g/mol. The van der Waals surface area contributed by atoms with Crippen LogP contribution in [0.25, 0.3) is 0 Å². The second-order valence-electron chi connectivity index (χ2n) is 3.70. The molecule has 0 amide bonds. The summed E-state index contributed by atoms with van der Waals surface area (Å²) in [7, 11) is 0. The highest BCUT2D eigenvalue weighted by atomic mass is 19.1. The van der Waals surface area contributed by atoms with Crippen molar-refractivity contribution in [2.45, 2.75) is 19.5 Å². The summed E-state index contributed by atoms with van der Waals surface area (Å²) >= 11 is 0. The fourth-order valence-corrected chi connectivity index (χ4v) is 1.26. The van der Waals surface area contributed by atoms with Crippen molar-refractivity contribution in [2.75, 3.05) is 0 Å². The van der Waals surface area contributed by atoms with Gasteiger partial charge < -0.3 is 16.3 Å². The van der Waals surface area contributed by atoms with Crippen LogP contribution in [0.3, 0.4) is 0 Å². The first kappa shape index (κ1) is 13.2. The Morgan fingerprint density at radius 2 is 2.41 bits per heavy atom. The van der Waals surface area contributed by atoms with Crippen molar-refractivity contribution in [3.8, 4) is 0 Å². The molecule has 17 heavy (non-hydrogen) atoms. The SMILES string of the molecule is C=CC(C)NCc1ccc(/C(N)=N/O)cc1F. The number of rotatable bonds is 5. The third-order valence-electron chi connectivity index (χ3n) is 2.42. The zero-order chi connectivity index (χ0) is 12.8. The van der Waals surface area contributed by atoms with Crippen molar-refractivity contribution >= 4 is 5.84 Å². The quantitative estimate of drug-likeness (QED) is 0.239. The number of benzene rings is 1. The van der Waals surface area contributed by atoms with E-state index in [1.165, 1.54) is 6.07 Å². The van der Waals surface area contributed by atoms with Gasteiger partial charge in [-0.25, -0.2) is 4.39 Å². The van der Waals surface area contributed by atoms with Crippen molar-refractivity contribution in [1.29, 1.82) is 0 Å². The van der Waals surface area contributed by atoms with E-state index < -0.39 is 5.82 Å². The fraction of sp³-hybridized carbons (Fsp3) is 0.250. The van der Waals surface area contributed by atoms with Gasteiger partial charge in [-0.05, 0) is 13.0 Å². The molecule has 0 spiro atoms. The molecule has 0 saturated heterocycles. The molecular weight excluding hydrogens is 221 g/mol. The number of nitrogens with two attached hydrogens (primary N) is 1. The second kappa shape index (κ2) is 6.00. The molecule has 92 valence electrons. The molecule has 0 saturated carbocycles. The number of hydrogen-bond acceptors (Lipinski definition) is 3. The van der Waals surface area contributed by atoms with Gasteiger partial charge in [-0.3, -0.25) is 0 Å². The normalized spacial score (nSPS) is 13.4. The summed E-state index contributed by atoms with van der Waals surface area (Å²) in [6.45, 7) is 5.95. The lowest BCUT2D eigenvalue weighted by molar-refractivity contribution is 0.318. The second-order valence-corrected chi connectivity index (χ2v) is 3.70.